The van der Waals surface area contributed by atoms with Crippen LogP contribution in [-0.4, -0.2) is 9.13 Å². The fourth-order valence-electron chi connectivity index (χ4n) is 10.4. The Morgan fingerprint density at radius 1 is 0.507 bits per heavy atom. The van der Waals surface area contributed by atoms with Crippen LogP contribution in [0.4, 0.5) is 34.1 Å². The molecule has 69 heavy (non-hydrogen) atoms. The van der Waals surface area contributed by atoms with Gasteiger partial charge in [0.05, 0.1) is 39.8 Å². The average molecular weight is 887 g/mol. The first-order chi connectivity index (χ1) is 34.0. The number of allylic oxidation sites excluding steroid dienone is 5. The number of benzene rings is 8. The van der Waals surface area contributed by atoms with Gasteiger partial charge in [-0.1, -0.05) is 91.9 Å². The zero-order chi connectivity index (χ0) is 46.4. The monoisotopic (exact) mass is 886 g/mol. The lowest BCUT2D eigenvalue weighted by Crippen LogP contribution is -2.10. The smallest absolute Gasteiger partial charge is 0.0991 e. The Balaban J connectivity index is 0.912. The average Bonchev–Trinajstić information content (AvgIpc) is 3.92. The summed E-state index contributed by atoms with van der Waals surface area (Å²) in [5.41, 5.74) is 18.1. The summed E-state index contributed by atoms with van der Waals surface area (Å²) in [4.78, 5) is 4.55. The van der Waals surface area contributed by atoms with Crippen LogP contribution < -0.4 is 9.80 Å². The Hall–Kier alpha value is -9.10. The van der Waals surface area contributed by atoms with Crippen molar-refractivity contribution in [3.63, 3.8) is 0 Å². The molecule has 0 saturated carbocycles. The van der Waals surface area contributed by atoms with Gasteiger partial charge in [0.2, 0.25) is 0 Å². The highest BCUT2D eigenvalue weighted by atomic mass is 15.1. The number of anilines is 6. The lowest BCUT2D eigenvalue weighted by atomic mass is 9.94. The van der Waals surface area contributed by atoms with Crippen LogP contribution in [0, 0.1) is 28.6 Å². The second-order valence-corrected chi connectivity index (χ2v) is 18.0. The minimum absolute atomic E-state index is 0.451. The third-order valence-corrected chi connectivity index (χ3v) is 13.8. The molecular formula is C63H46N6. The van der Waals surface area contributed by atoms with Crippen molar-refractivity contribution in [2.75, 3.05) is 9.80 Å². The predicted octanol–water partition coefficient (Wildman–Crippen LogP) is 16.5. The van der Waals surface area contributed by atoms with Crippen molar-refractivity contribution in [2.24, 2.45) is 5.92 Å². The summed E-state index contributed by atoms with van der Waals surface area (Å²) in [5, 5.41) is 23.0. The molecule has 10 aromatic rings. The molecule has 8 aromatic carbocycles. The van der Waals surface area contributed by atoms with Crippen LogP contribution in [0.25, 0.3) is 61.3 Å². The minimum atomic E-state index is 0.451. The van der Waals surface area contributed by atoms with Crippen LogP contribution >= 0.6 is 0 Å². The highest BCUT2D eigenvalue weighted by molar-refractivity contribution is 6.11. The van der Waals surface area contributed by atoms with E-state index in [2.05, 4.69) is 208 Å². The number of hydrogen-bond acceptors (Lipinski definition) is 4. The van der Waals surface area contributed by atoms with Crippen molar-refractivity contribution in [1.82, 2.24) is 9.13 Å². The molecule has 2 aliphatic carbocycles. The summed E-state index contributed by atoms with van der Waals surface area (Å²) in [6.45, 7) is 2.28. The van der Waals surface area contributed by atoms with Crippen LogP contribution in [0.3, 0.4) is 0 Å². The molecule has 328 valence electrons. The second-order valence-electron chi connectivity index (χ2n) is 18.0. The van der Waals surface area contributed by atoms with E-state index in [1.807, 2.05) is 48.5 Å². The third-order valence-electron chi connectivity index (χ3n) is 13.8. The summed E-state index contributed by atoms with van der Waals surface area (Å²) in [6, 6.07) is 70.7. The van der Waals surface area contributed by atoms with Crippen molar-refractivity contribution in [3.8, 4) is 29.0 Å². The Morgan fingerprint density at radius 3 is 1.58 bits per heavy atom. The molecule has 2 aliphatic rings. The molecule has 0 spiro atoms. The number of rotatable bonds is 9. The topological polar surface area (TPSA) is 63.9 Å². The number of nitriles is 2. The molecule has 0 saturated heterocycles. The first kappa shape index (κ1) is 41.3. The Kier molecular flexibility index (Phi) is 10.4. The van der Waals surface area contributed by atoms with Crippen LogP contribution in [-0.2, 0) is 6.42 Å². The highest BCUT2D eigenvalue weighted by Crippen LogP contribution is 2.44. The first-order valence-electron chi connectivity index (χ1n) is 23.6. The summed E-state index contributed by atoms with van der Waals surface area (Å²) in [6.07, 6.45) is 14.3. The Bertz CT molecular complexity index is 3760. The van der Waals surface area contributed by atoms with E-state index in [0.29, 0.717) is 17.0 Å². The van der Waals surface area contributed by atoms with Crippen molar-refractivity contribution in [1.29, 1.82) is 10.5 Å². The maximum atomic E-state index is 9.69. The standard InChI is InChI=1S/C63H46N6/c1-43-16-35-57-59-40-55(34-37-62(59)69(63(57)38-43)49-12-6-3-7-13-49)67(51-27-19-45(42-65)20-28-51)53-31-23-47(24-32-53)46-21-29-52(30-22-46)66(50-25-17-44(41-64)18-26-50)54-33-36-61-58(39-54)56-14-8-9-15-60(56)68(61)48-10-4-2-5-11-48/h2-4,6-10,12-37,39-40,43H,5,11,38H2,1H3. The molecule has 0 bridgehead atoms. The number of aromatic nitrogens is 2. The zero-order valence-electron chi connectivity index (χ0n) is 38.2. The normalized spacial score (nSPS) is 14.1. The van der Waals surface area contributed by atoms with E-state index >= 15 is 0 Å². The maximum absolute atomic E-state index is 9.69. The van der Waals surface area contributed by atoms with Gasteiger partial charge < -0.3 is 18.9 Å². The SMILES string of the molecule is CC1C=Cc2c(n(-c3ccccc3)c3ccc(N(c4ccc(C#N)cc4)c4ccc(-c5ccc(N(c6ccc(C#N)cc6)c6ccc7c(c6)c6ccccc6n7C6=CC=CCC6)cc5)cc4)cc23)C1. The van der Waals surface area contributed by atoms with E-state index in [1.54, 1.807) is 0 Å². The number of fused-ring (bicyclic) bond motifs is 6. The first-order valence-corrected chi connectivity index (χ1v) is 23.6. The van der Waals surface area contributed by atoms with Crippen molar-refractivity contribution < 1.29 is 0 Å². The molecule has 0 radical (unpaired) electrons. The van der Waals surface area contributed by atoms with Crippen LogP contribution in [0.15, 0.2) is 212 Å². The molecule has 6 heteroatoms. The molecule has 12 rings (SSSR count). The van der Waals surface area contributed by atoms with E-state index in [0.717, 1.165) is 64.5 Å². The molecule has 2 aromatic heterocycles. The van der Waals surface area contributed by atoms with E-state index in [1.165, 1.54) is 55.4 Å². The quantitative estimate of drug-likeness (QED) is 0.145. The van der Waals surface area contributed by atoms with Crippen molar-refractivity contribution in [3.05, 3.63) is 235 Å². The van der Waals surface area contributed by atoms with Crippen molar-refractivity contribution >= 4 is 78.6 Å². The van der Waals surface area contributed by atoms with Gasteiger partial charge in [0.25, 0.3) is 0 Å². The molecule has 2 heterocycles. The fraction of sp³-hybridized carbons (Fsp3) is 0.0794. The van der Waals surface area contributed by atoms with E-state index in [4.69, 9.17) is 0 Å². The lowest BCUT2D eigenvalue weighted by Gasteiger charge is -2.26. The molecule has 1 atom stereocenters. The van der Waals surface area contributed by atoms with Gasteiger partial charge in [-0.25, -0.2) is 0 Å². The van der Waals surface area contributed by atoms with Gasteiger partial charge in [-0.3, -0.25) is 0 Å². The van der Waals surface area contributed by atoms with Gasteiger partial charge >= 0.3 is 0 Å². The zero-order valence-corrected chi connectivity index (χ0v) is 38.2. The van der Waals surface area contributed by atoms with E-state index in [-0.39, 0.29) is 0 Å². The second kappa shape index (κ2) is 17.3. The van der Waals surface area contributed by atoms with Crippen LogP contribution in [0.1, 0.15) is 42.1 Å². The number of nitrogens with zero attached hydrogens (tertiary/aromatic N) is 6. The molecule has 0 amide bonds. The number of para-hydroxylation sites is 2. The van der Waals surface area contributed by atoms with Gasteiger partial charge in [0.1, 0.15) is 0 Å². The molecule has 1 unspecified atom stereocenters. The van der Waals surface area contributed by atoms with Gasteiger partial charge in [-0.15, -0.1) is 0 Å². The molecule has 0 fully saturated rings. The maximum Gasteiger partial charge on any atom is 0.0991 e. The van der Waals surface area contributed by atoms with Gasteiger partial charge in [0.15, 0.2) is 0 Å². The summed E-state index contributed by atoms with van der Waals surface area (Å²) in [7, 11) is 0. The van der Waals surface area contributed by atoms with Gasteiger partial charge in [-0.2, -0.15) is 10.5 Å². The summed E-state index contributed by atoms with van der Waals surface area (Å²) < 4.78 is 4.84. The molecule has 0 aliphatic heterocycles. The Labute approximate surface area is 402 Å². The highest BCUT2D eigenvalue weighted by Gasteiger charge is 2.24. The third kappa shape index (κ3) is 7.37. The largest absolute Gasteiger partial charge is 0.313 e. The molecule has 0 N–H and O–H groups in total. The van der Waals surface area contributed by atoms with E-state index < -0.39 is 0 Å². The number of hydrogen-bond donors (Lipinski definition) is 0. The molecular weight excluding hydrogens is 841 g/mol. The minimum Gasteiger partial charge on any atom is -0.313 e. The van der Waals surface area contributed by atoms with Gasteiger partial charge in [-0.05, 0) is 170 Å². The molecule has 6 nitrogen and oxygen atoms in total. The van der Waals surface area contributed by atoms with Crippen molar-refractivity contribution in [2.45, 2.75) is 26.2 Å². The summed E-state index contributed by atoms with van der Waals surface area (Å²) >= 11 is 0. The van der Waals surface area contributed by atoms with Crippen LogP contribution in [0.5, 0.6) is 0 Å². The predicted molar refractivity (Wildman–Crippen MR) is 285 cm³/mol. The summed E-state index contributed by atoms with van der Waals surface area (Å²) in [5.74, 6) is 0.451. The Morgan fingerprint density at radius 2 is 1.01 bits per heavy atom. The van der Waals surface area contributed by atoms with E-state index in [9.17, 15) is 10.5 Å². The van der Waals surface area contributed by atoms with Gasteiger partial charge in [0, 0.05) is 72.9 Å². The van der Waals surface area contributed by atoms with Crippen LogP contribution in [0.2, 0.25) is 0 Å². The lowest BCUT2D eigenvalue weighted by molar-refractivity contribution is 0.690. The fourth-order valence-corrected chi connectivity index (χ4v) is 10.4.